The summed E-state index contributed by atoms with van der Waals surface area (Å²) >= 11 is 0. The summed E-state index contributed by atoms with van der Waals surface area (Å²) in [7, 11) is 3.64. The van der Waals surface area contributed by atoms with E-state index in [-0.39, 0.29) is 0 Å². The molecular weight excluding hydrogens is 234 g/mol. The van der Waals surface area contributed by atoms with Crippen molar-refractivity contribution in [2.45, 2.75) is 19.3 Å². The van der Waals surface area contributed by atoms with Gasteiger partial charge in [-0.05, 0) is 32.9 Å². The van der Waals surface area contributed by atoms with Crippen molar-refractivity contribution < 1.29 is 18.9 Å². The van der Waals surface area contributed by atoms with Crippen molar-refractivity contribution in [3.8, 4) is 0 Å². The Morgan fingerprint density at radius 3 is 1.78 bits per heavy atom. The molecule has 0 saturated carbocycles. The number of rotatable bonds is 15. The van der Waals surface area contributed by atoms with Crippen LogP contribution in [-0.2, 0) is 18.9 Å². The van der Waals surface area contributed by atoms with Gasteiger partial charge in [-0.1, -0.05) is 0 Å². The first-order chi connectivity index (χ1) is 8.91. The van der Waals surface area contributed by atoms with Crippen LogP contribution in [0.2, 0.25) is 0 Å². The molecule has 0 fully saturated rings. The lowest BCUT2D eigenvalue weighted by molar-refractivity contribution is 0.00325. The number of methoxy groups -OCH3 is 1. The highest BCUT2D eigenvalue weighted by molar-refractivity contribution is 4.43. The lowest BCUT2D eigenvalue weighted by Gasteiger charge is -2.06. The van der Waals surface area contributed by atoms with Gasteiger partial charge in [-0.25, -0.2) is 0 Å². The lowest BCUT2D eigenvalue weighted by Crippen LogP contribution is -2.11. The molecule has 0 spiro atoms. The maximum absolute atomic E-state index is 5.45. The largest absolute Gasteiger partial charge is 0.382 e. The number of nitrogens with one attached hydrogen (secondary N) is 1. The van der Waals surface area contributed by atoms with Gasteiger partial charge in [0.1, 0.15) is 0 Å². The summed E-state index contributed by atoms with van der Waals surface area (Å²) in [5.74, 6) is 0. The van der Waals surface area contributed by atoms with E-state index >= 15 is 0 Å². The van der Waals surface area contributed by atoms with Gasteiger partial charge in [0.25, 0.3) is 0 Å². The zero-order valence-electron chi connectivity index (χ0n) is 11.9. The van der Waals surface area contributed by atoms with Crippen LogP contribution in [-0.4, -0.2) is 67.0 Å². The maximum Gasteiger partial charge on any atom is 0.0701 e. The Hall–Kier alpha value is -0.200. The van der Waals surface area contributed by atoms with E-state index in [4.69, 9.17) is 18.9 Å². The van der Waals surface area contributed by atoms with Crippen molar-refractivity contribution in [2.75, 3.05) is 67.0 Å². The topological polar surface area (TPSA) is 49.0 Å². The Balaban J connectivity index is 2.86. The molecule has 0 aromatic carbocycles. The molecule has 0 saturated heterocycles. The first-order valence-corrected chi connectivity index (χ1v) is 6.78. The van der Waals surface area contributed by atoms with Gasteiger partial charge >= 0.3 is 0 Å². The van der Waals surface area contributed by atoms with Gasteiger partial charge in [0, 0.05) is 13.7 Å². The third-order valence-corrected chi connectivity index (χ3v) is 2.39. The van der Waals surface area contributed by atoms with Crippen LogP contribution >= 0.6 is 0 Å². The molecule has 5 heteroatoms. The molecule has 0 aliphatic heterocycles. The van der Waals surface area contributed by atoms with E-state index in [1.54, 1.807) is 7.11 Å². The SMILES string of the molecule is CNCCCCCOCCOCCOCCOC. The van der Waals surface area contributed by atoms with Gasteiger partial charge in [-0.3, -0.25) is 0 Å². The van der Waals surface area contributed by atoms with Crippen molar-refractivity contribution >= 4 is 0 Å². The third kappa shape index (κ3) is 15.8. The van der Waals surface area contributed by atoms with Gasteiger partial charge in [0.2, 0.25) is 0 Å². The van der Waals surface area contributed by atoms with Crippen molar-refractivity contribution in [1.82, 2.24) is 5.32 Å². The van der Waals surface area contributed by atoms with Gasteiger partial charge in [0.15, 0.2) is 0 Å². The van der Waals surface area contributed by atoms with E-state index in [1.165, 1.54) is 12.8 Å². The van der Waals surface area contributed by atoms with Gasteiger partial charge in [0.05, 0.1) is 39.6 Å². The Kier molecular flexibility index (Phi) is 16.6. The second-order valence-corrected chi connectivity index (χ2v) is 3.99. The van der Waals surface area contributed by atoms with E-state index in [0.717, 1.165) is 19.6 Å². The molecule has 0 atom stereocenters. The van der Waals surface area contributed by atoms with Crippen LogP contribution in [0.5, 0.6) is 0 Å². The zero-order valence-corrected chi connectivity index (χ0v) is 11.9. The average Bonchev–Trinajstić information content (AvgIpc) is 2.39. The average molecular weight is 263 g/mol. The van der Waals surface area contributed by atoms with Crippen molar-refractivity contribution in [1.29, 1.82) is 0 Å². The summed E-state index contributed by atoms with van der Waals surface area (Å²) in [6.45, 7) is 5.74. The minimum atomic E-state index is 0.618. The minimum Gasteiger partial charge on any atom is -0.382 e. The van der Waals surface area contributed by atoms with Crippen LogP contribution in [0.4, 0.5) is 0 Å². The number of unbranched alkanes of at least 4 members (excludes halogenated alkanes) is 2. The standard InChI is InChI=1S/C13H29NO4/c1-14-6-4-3-5-7-16-10-11-18-13-12-17-9-8-15-2/h14H,3-13H2,1-2H3. The van der Waals surface area contributed by atoms with Crippen LogP contribution in [0.1, 0.15) is 19.3 Å². The van der Waals surface area contributed by atoms with Crippen molar-refractivity contribution in [2.24, 2.45) is 0 Å². The molecule has 0 aliphatic carbocycles. The molecule has 0 amide bonds. The van der Waals surface area contributed by atoms with Crippen LogP contribution in [0.15, 0.2) is 0 Å². The fourth-order valence-corrected chi connectivity index (χ4v) is 1.37. The molecule has 0 aliphatic rings. The fourth-order valence-electron chi connectivity index (χ4n) is 1.37. The second kappa shape index (κ2) is 16.8. The zero-order chi connectivity index (χ0) is 13.3. The summed E-state index contributed by atoms with van der Waals surface area (Å²) in [5.41, 5.74) is 0. The van der Waals surface area contributed by atoms with E-state index in [2.05, 4.69) is 5.32 Å². The number of hydrogen-bond acceptors (Lipinski definition) is 5. The molecule has 0 aromatic heterocycles. The Bertz CT molecular complexity index is 131. The molecule has 0 heterocycles. The molecule has 1 N–H and O–H groups in total. The van der Waals surface area contributed by atoms with Gasteiger partial charge in [-0.15, -0.1) is 0 Å². The van der Waals surface area contributed by atoms with Crippen LogP contribution in [0, 0.1) is 0 Å². The Morgan fingerprint density at radius 1 is 0.667 bits per heavy atom. The van der Waals surface area contributed by atoms with Crippen LogP contribution < -0.4 is 5.32 Å². The summed E-state index contributed by atoms with van der Waals surface area (Å²) in [6.07, 6.45) is 3.56. The molecule has 0 bridgehead atoms. The smallest absolute Gasteiger partial charge is 0.0701 e. The normalized spacial score (nSPS) is 11.0. The van der Waals surface area contributed by atoms with E-state index in [1.807, 2.05) is 7.05 Å². The summed E-state index contributed by atoms with van der Waals surface area (Å²) < 4.78 is 20.9. The van der Waals surface area contributed by atoms with Gasteiger partial charge < -0.3 is 24.3 Å². The molecule has 0 unspecified atom stereocenters. The monoisotopic (exact) mass is 263 g/mol. The van der Waals surface area contributed by atoms with Crippen LogP contribution in [0.3, 0.4) is 0 Å². The molecule has 110 valence electrons. The molecule has 18 heavy (non-hydrogen) atoms. The van der Waals surface area contributed by atoms with Gasteiger partial charge in [-0.2, -0.15) is 0 Å². The predicted molar refractivity (Wildman–Crippen MR) is 72.1 cm³/mol. The fraction of sp³-hybridized carbons (Fsp3) is 1.00. The predicted octanol–water partition coefficient (Wildman–Crippen LogP) is 1.07. The van der Waals surface area contributed by atoms with Crippen molar-refractivity contribution in [3.63, 3.8) is 0 Å². The Morgan fingerprint density at radius 2 is 1.22 bits per heavy atom. The lowest BCUT2D eigenvalue weighted by atomic mass is 10.2. The van der Waals surface area contributed by atoms with E-state index in [0.29, 0.717) is 39.6 Å². The highest BCUT2D eigenvalue weighted by Crippen LogP contribution is 1.94. The highest BCUT2D eigenvalue weighted by Gasteiger charge is 1.92. The Labute approximate surface area is 111 Å². The number of ether oxygens (including phenoxy) is 4. The first kappa shape index (κ1) is 17.8. The maximum atomic E-state index is 5.45. The summed E-state index contributed by atoms with van der Waals surface area (Å²) in [6, 6.07) is 0. The first-order valence-electron chi connectivity index (χ1n) is 6.78. The molecular formula is C13H29NO4. The minimum absolute atomic E-state index is 0.618. The van der Waals surface area contributed by atoms with Crippen LogP contribution in [0.25, 0.3) is 0 Å². The second-order valence-electron chi connectivity index (χ2n) is 3.99. The van der Waals surface area contributed by atoms with E-state index in [9.17, 15) is 0 Å². The molecule has 0 rings (SSSR count). The quantitative estimate of drug-likeness (QED) is 0.448. The summed E-state index contributed by atoms with van der Waals surface area (Å²) in [5, 5.41) is 3.13. The molecule has 0 radical (unpaired) electrons. The van der Waals surface area contributed by atoms with E-state index < -0.39 is 0 Å². The molecule has 5 nitrogen and oxygen atoms in total. The van der Waals surface area contributed by atoms with Crippen molar-refractivity contribution in [3.05, 3.63) is 0 Å². The highest BCUT2D eigenvalue weighted by atomic mass is 16.6. The number of hydrogen-bond donors (Lipinski definition) is 1. The third-order valence-electron chi connectivity index (χ3n) is 2.39. The molecule has 0 aromatic rings. The summed E-state index contributed by atoms with van der Waals surface area (Å²) in [4.78, 5) is 0.